The van der Waals surface area contributed by atoms with Gasteiger partial charge in [-0.1, -0.05) is 54.5 Å². The van der Waals surface area contributed by atoms with Crippen LogP contribution in [-0.2, 0) is 30.8 Å². The average molecular weight is 560 g/mol. The summed E-state index contributed by atoms with van der Waals surface area (Å²) < 4.78 is 3.67. The summed E-state index contributed by atoms with van der Waals surface area (Å²) in [5, 5.41) is 31.6. The lowest BCUT2D eigenvalue weighted by Crippen LogP contribution is -2.24. The van der Waals surface area contributed by atoms with Gasteiger partial charge in [-0.2, -0.15) is 0 Å². The maximum atomic E-state index is 12.4. The molecule has 0 saturated heterocycles. The number of benzene rings is 2. The second kappa shape index (κ2) is 15.3. The van der Waals surface area contributed by atoms with E-state index in [1.54, 1.807) is 17.6 Å². The summed E-state index contributed by atoms with van der Waals surface area (Å²) in [7, 11) is 0. The number of rotatable bonds is 16. The van der Waals surface area contributed by atoms with Crippen LogP contribution in [0.1, 0.15) is 71.9 Å². The van der Waals surface area contributed by atoms with Crippen molar-refractivity contribution in [3.05, 3.63) is 89.0 Å². The van der Waals surface area contributed by atoms with E-state index >= 15 is 0 Å². The predicted molar refractivity (Wildman–Crippen MR) is 153 cm³/mol. The molecule has 2 amide bonds. The molecule has 2 heterocycles. The summed E-state index contributed by atoms with van der Waals surface area (Å²) in [5.41, 5.74) is 7.18. The lowest BCUT2D eigenvalue weighted by atomic mass is 10.1. The lowest BCUT2D eigenvalue weighted by Gasteiger charge is -2.07. The standard InChI is InChI=1S/C29H37N9O3/c1-2-25-20-37(35-32-25)18-22-8-7-9-23(16-22)19-38-21-27(33-36-38)17-31-26-13-11-24(12-14-26)29(40)30-15-6-4-3-5-10-28(39)34-41/h7-9,11-14,16,20-21,31,41H,2-6,10,15,17-19H2,1H3,(H,30,40)(H,34,39). The van der Waals surface area contributed by atoms with Crippen LogP contribution < -0.4 is 16.1 Å². The summed E-state index contributed by atoms with van der Waals surface area (Å²) in [6, 6.07) is 15.7. The number of aryl methyl sites for hydroxylation is 1. The van der Waals surface area contributed by atoms with Gasteiger partial charge in [0.2, 0.25) is 5.91 Å². The Morgan fingerprint density at radius 3 is 2.17 bits per heavy atom. The second-order valence-corrected chi connectivity index (χ2v) is 9.87. The number of unbranched alkanes of at least 4 members (excludes halogenated alkanes) is 3. The van der Waals surface area contributed by atoms with Gasteiger partial charge in [-0.3, -0.25) is 14.8 Å². The van der Waals surface area contributed by atoms with Gasteiger partial charge in [0, 0.05) is 30.4 Å². The van der Waals surface area contributed by atoms with Crippen LogP contribution in [0.5, 0.6) is 0 Å². The van der Waals surface area contributed by atoms with Gasteiger partial charge in [-0.05, 0) is 54.7 Å². The van der Waals surface area contributed by atoms with E-state index in [-0.39, 0.29) is 11.8 Å². The molecule has 4 aromatic rings. The topological polar surface area (TPSA) is 152 Å². The van der Waals surface area contributed by atoms with Gasteiger partial charge in [0.1, 0.15) is 5.69 Å². The van der Waals surface area contributed by atoms with E-state index in [1.807, 2.05) is 40.0 Å². The van der Waals surface area contributed by atoms with E-state index < -0.39 is 0 Å². The minimum atomic E-state index is -0.370. The van der Waals surface area contributed by atoms with Crippen molar-refractivity contribution >= 4 is 17.5 Å². The fraction of sp³-hybridized carbons (Fsp3) is 0.379. The van der Waals surface area contributed by atoms with Gasteiger partial charge in [0.15, 0.2) is 0 Å². The third-order valence-electron chi connectivity index (χ3n) is 6.58. The molecule has 0 aliphatic rings. The van der Waals surface area contributed by atoms with Crippen LogP contribution in [0.2, 0.25) is 0 Å². The summed E-state index contributed by atoms with van der Waals surface area (Å²) in [6.45, 7) is 4.44. The number of hydrogen-bond donors (Lipinski definition) is 4. The first-order chi connectivity index (χ1) is 20.0. The van der Waals surface area contributed by atoms with Crippen LogP contribution in [0.4, 0.5) is 5.69 Å². The van der Waals surface area contributed by atoms with Gasteiger partial charge >= 0.3 is 0 Å². The minimum Gasteiger partial charge on any atom is -0.379 e. The molecule has 2 aromatic heterocycles. The average Bonchev–Trinajstić information content (AvgIpc) is 3.64. The molecule has 4 rings (SSSR count). The summed E-state index contributed by atoms with van der Waals surface area (Å²) in [5.74, 6) is -0.485. The number of aromatic nitrogens is 6. The van der Waals surface area contributed by atoms with E-state index in [2.05, 4.69) is 56.4 Å². The van der Waals surface area contributed by atoms with Crippen molar-refractivity contribution in [1.29, 1.82) is 0 Å². The SMILES string of the molecule is CCc1cn(Cc2cccc(Cn3cc(CNc4ccc(C(=O)NCCCCCCC(=O)NO)cc4)nn3)c2)nn1. The fourth-order valence-corrected chi connectivity index (χ4v) is 4.33. The highest BCUT2D eigenvalue weighted by atomic mass is 16.5. The van der Waals surface area contributed by atoms with Crippen molar-refractivity contribution in [2.45, 2.75) is 65.1 Å². The molecule has 0 saturated carbocycles. The van der Waals surface area contributed by atoms with Crippen LogP contribution in [0.15, 0.2) is 60.9 Å². The zero-order valence-electron chi connectivity index (χ0n) is 23.3. The molecule has 0 unspecified atom stereocenters. The van der Waals surface area contributed by atoms with Crippen molar-refractivity contribution < 1.29 is 14.8 Å². The first-order valence-corrected chi connectivity index (χ1v) is 13.9. The molecular formula is C29H37N9O3. The molecule has 41 heavy (non-hydrogen) atoms. The Labute approximate surface area is 239 Å². The van der Waals surface area contributed by atoms with Crippen LogP contribution >= 0.6 is 0 Å². The summed E-state index contributed by atoms with van der Waals surface area (Å²) in [6.07, 6.45) is 8.40. The first-order valence-electron chi connectivity index (χ1n) is 13.9. The molecule has 0 fully saturated rings. The molecule has 0 aliphatic heterocycles. The highest BCUT2D eigenvalue weighted by Crippen LogP contribution is 2.12. The maximum Gasteiger partial charge on any atom is 0.251 e. The number of anilines is 1. The van der Waals surface area contributed by atoms with Gasteiger partial charge in [-0.25, -0.2) is 14.8 Å². The highest BCUT2D eigenvalue weighted by Gasteiger charge is 2.07. The van der Waals surface area contributed by atoms with Gasteiger partial charge in [-0.15, -0.1) is 10.2 Å². The number of carbonyl (C=O) groups excluding carboxylic acids is 2. The molecular weight excluding hydrogens is 522 g/mol. The number of hydroxylamine groups is 1. The van der Waals surface area contributed by atoms with Crippen molar-refractivity contribution in [2.75, 3.05) is 11.9 Å². The van der Waals surface area contributed by atoms with E-state index in [0.717, 1.165) is 53.9 Å². The fourth-order valence-electron chi connectivity index (χ4n) is 4.33. The number of amides is 2. The van der Waals surface area contributed by atoms with E-state index in [0.29, 0.717) is 44.6 Å². The van der Waals surface area contributed by atoms with Crippen LogP contribution in [0, 0.1) is 0 Å². The normalized spacial score (nSPS) is 10.9. The second-order valence-electron chi connectivity index (χ2n) is 9.87. The van der Waals surface area contributed by atoms with E-state index in [4.69, 9.17) is 5.21 Å². The van der Waals surface area contributed by atoms with Crippen LogP contribution in [0.3, 0.4) is 0 Å². The largest absolute Gasteiger partial charge is 0.379 e. The van der Waals surface area contributed by atoms with E-state index in [1.165, 1.54) is 0 Å². The monoisotopic (exact) mass is 559 g/mol. The third kappa shape index (κ3) is 9.53. The highest BCUT2D eigenvalue weighted by molar-refractivity contribution is 5.94. The molecule has 2 aromatic carbocycles. The van der Waals surface area contributed by atoms with Crippen molar-refractivity contribution in [2.24, 2.45) is 0 Å². The molecule has 12 heteroatoms. The maximum absolute atomic E-state index is 12.4. The first kappa shape index (κ1) is 29.4. The lowest BCUT2D eigenvalue weighted by molar-refractivity contribution is -0.129. The number of nitrogens with one attached hydrogen (secondary N) is 3. The van der Waals surface area contributed by atoms with Crippen molar-refractivity contribution in [1.82, 2.24) is 40.8 Å². The Hall–Kier alpha value is -4.58. The van der Waals surface area contributed by atoms with Gasteiger partial charge in [0.05, 0.1) is 31.5 Å². The number of carbonyl (C=O) groups is 2. The van der Waals surface area contributed by atoms with Crippen molar-refractivity contribution in [3.63, 3.8) is 0 Å². The Balaban J connectivity index is 1.17. The molecule has 0 bridgehead atoms. The number of hydrogen-bond acceptors (Lipinski definition) is 8. The molecule has 216 valence electrons. The molecule has 4 N–H and O–H groups in total. The zero-order valence-corrected chi connectivity index (χ0v) is 23.3. The third-order valence-corrected chi connectivity index (χ3v) is 6.58. The Kier molecular flexibility index (Phi) is 11.0. The minimum absolute atomic E-state index is 0.116. The van der Waals surface area contributed by atoms with Crippen LogP contribution in [-0.4, -0.2) is 53.6 Å². The Morgan fingerprint density at radius 2 is 1.51 bits per heavy atom. The molecule has 0 aliphatic carbocycles. The Bertz CT molecular complexity index is 1400. The quantitative estimate of drug-likeness (QED) is 0.0927. The molecule has 12 nitrogen and oxygen atoms in total. The van der Waals surface area contributed by atoms with Crippen molar-refractivity contribution in [3.8, 4) is 0 Å². The molecule has 0 atom stereocenters. The summed E-state index contributed by atoms with van der Waals surface area (Å²) >= 11 is 0. The Morgan fingerprint density at radius 1 is 0.854 bits per heavy atom. The summed E-state index contributed by atoms with van der Waals surface area (Å²) in [4.78, 5) is 23.4. The molecule has 0 radical (unpaired) electrons. The number of nitrogens with zero attached hydrogens (tertiary/aromatic N) is 6. The zero-order chi connectivity index (χ0) is 28.9. The smallest absolute Gasteiger partial charge is 0.251 e. The van der Waals surface area contributed by atoms with Crippen LogP contribution in [0.25, 0.3) is 0 Å². The van der Waals surface area contributed by atoms with Gasteiger partial charge < -0.3 is 10.6 Å². The van der Waals surface area contributed by atoms with E-state index in [9.17, 15) is 9.59 Å². The predicted octanol–water partition coefficient (Wildman–Crippen LogP) is 3.33. The van der Waals surface area contributed by atoms with Gasteiger partial charge in [0.25, 0.3) is 5.91 Å². The molecule has 0 spiro atoms.